The highest BCUT2D eigenvalue weighted by Crippen LogP contribution is 2.45. The minimum atomic E-state index is -1.08. The summed E-state index contributed by atoms with van der Waals surface area (Å²) in [6.45, 7) is 10.7. The van der Waals surface area contributed by atoms with Gasteiger partial charge in [-0.1, -0.05) is 47.5 Å². The number of aryl methyl sites for hydroxylation is 5. The number of carboxylic acid groups (broad SMARTS) is 1. The highest BCUT2D eigenvalue weighted by Gasteiger charge is 2.37. The van der Waals surface area contributed by atoms with E-state index in [1.165, 1.54) is 6.07 Å². The molecule has 4 heterocycles. The molecule has 0 saturated carbocycles. The smallest absolute Gasteiger partial charge is 0.336 e. The number of benzene rings is 3. The fourth-order valence-electron chi connectivity index (χ4n) is 7.40. The molecule has 6 aromatic rings. The number of ether oxygens (including phenoxy) is 1. The summed E-state index contributed by atoms with van der Waals surface area (Å²) < 4.78 is 10.1. The quantitative estimate of drug-likeness (QED) is 0.158. The van der Waals surface area contributed by atoms with E-state index in [0.717, 1.165) is 60.9 Å². The van der Waals surface area contributed by atoms with E-state index in [-0.39, 0.29) is 24.1 Å². The van der Waals surface area contributed by atoms with Crippen molar-refractivity contribution in [3.63, 3.8) is 0 Å². The van der Waals surface area contributed by atoms with Crippen molar-refractivity contribution in [1.29, 1.82) is 0 Å². The fourth-order valence-corrected chi connectivity index (χ4v) is 7.76. The summed E-state index contributed by atoms with van der Waals surface area (Å²) in [7, 11) is 1.91. The Morgan fingerprint density at radius 1 is 1.00 bits per heavy atom. The third-order valence-electron chi connectivity index (χ3n) is 9.77. The van der Waals surface area contributed by atoms with Gasteiger partial charge in [0.05, 0.1) is 33.9 Å². The van der Waals surface area contributed by atoms with Crippen LogP contribution in [0.25, 0.3) is 32.9 Å². The number of carbonyl (C=O) groups is 2. The molecule has 1 N–H and O–H groups in total. The predicted octanol–water partition coefficient (Wildman–Crippen LogP) is 9.06. The molecule has 0 saturated heterocycles. The first kappa shape index (κ1) is 33.6. The monoisotopic (exact) mass is 709 g/mol. The Balaban J connectivity index is 1.37. The molecule has 3 aromatic carbocycles. The highest BCUT2D eigenvalue weighted by atomic mass is 35.5. The first-order valence-corrected chi connectivity index (χ1v) is 17.3. The Labute approximate surface area is 300 Å². The molecule has 9 nitrogen and oxygen atoms in total. The van der Waals surface area contributed by atoms with Crippen LogP contribution in [-0.4, -0.2) is 49.5 Å². The van der Waals surface area contributed by atoms with Crippen molar-refractivity contribution in [2.24, 2.45) is 7.05 Å². The summed E-state index contributed by atoms with van der Waals surface area (Å²) in [4.78, 5) is 33.6. The fraction of sp³-hybridized carbons (Fsp3) is 0.282. The molecule has 1 aliphatic heterocycles. The van der Waals surface area contributed by atoms with E-state index in [9.17, 15) is 14.7 Å². The summed E-state index contributed by atoms with van der Waals surface area (Å²) in [5.41, 5.74) is 8.39. The number of nitrogens with zero attached hydrogens (tertiary/aromatic N) is 5. The summed E-state index contributed by atoms with van der Waals surface area (Å²) >= 11 is 13.4. The van der Waals surface area contributed by atoms with Crippen molar-refractivity contribution in [3.05, 3.63) is 104 Å². The molecule has 0 spiro atoms. The van der Waals surface area contributed by atoms with Gasteiger partial charge in [-0.15, -0.1) is 0 Å². The maximum Gasteiger partial charge on any atom is 0.336 e. The van der Waals surface area contributed by atoms with E-state index in [1.807, 2.05) is 69.8 Å². The standard InChI is InChI=1S/C39H37Cl2N5O4/c1-20-16-25(17-21(2)35(20)41)50-15-9-11-27-28-13-14-30(40)34(33-23(4)43-44(6)24(33)5)36(28)46-22(3)19-45(38(47)37(27)46)32-18-29(39(48)49)26-10-7-8-12-31(26)42-32/h7-8,10,12-14,16-18,22H,9,11,15,19H2,1-6H3,(H,48,49)/t22-/m1/s1. The number of amides is 1. The van der Waals surface area contributed by atoms with Crippen LogP contribution in [0.1, 0.15) is 68.3 Å². The number of hydrogen-bond donors (Lipinski definition) is 1. The van der Waals surface area contributed by atoms with E-state index in [4.69, 9.17) is 32.9 Å². The number of halogens is 2. The van der Waals surface area contributed by atoms with Crippen LogP contribution >= 0.6 is 23.2 Å². The van der Waals surface area contributed by atoms with Gasteiger partial charge in [0.1, 0.15) is 17.3 Å². The van der Waals surface area contributed by atoms with Crippen LogP contribution in [-0.2, 0) is 13.5 Å². The molecule has 1 atom stereocenters. The van der Waals surface area contributed by atoms with E-state index >= 15 is 0 Å². The van der Waals surface area contributed by atoms with E-state index in [2.05, 4.69) is 16.6 Å². The topological polar surface area (TPSA) is 102 Å². The first-order valence-electron chi connectivity index (χ1n) is 16.6. The van der Waals surface area contributed by atoms with Crippen LogP contribution in [0.4, 0.5) is 5.82 Å². The Morgan fingerprint density at radius 2 is 1.72 bits per heavy atom. The molecule has 7 rings (SSSR count). The van der Waals surface area contributed by atoms with Crippen LogP contribution < -0.4 is 9.64 Å². The maximum atomic E-state index is 14.8. The summed E-state index contributed by atoms with van der Waals surface area (Å²) in [6, 6.07) is 16.1. The molecule has 11 heteroatoms. The molecule has 0 radical (unpaired) electrons. The van der Waals surface area contributed by atoms with Crippen molar-refractivity contribution < 1.29 is 19.4 Å². The minimum Gasteiger partial charge on any atom is -0.494 e. The molecular formula is C39H37Cl2N5O4. The van der Waals surface area contributed by atoms with E-state index in [1.54, 1.807) is 23.1 Å². The van der Waals surface area contributed by atoms with Gasteiger partial charge in [-0.2, -0.15) is 5.10 Å². The second-order valence-electron chi connectivity index (χ2n) is 13.1. The predicted molar refractivity (Wildman–Crippen MR) is 198 cm³/mol. The number of pyridine rings is 1. The lowest BCUT2D eigenvalue weighted by atomic mass is 9.98. The second-order valence-corrected chi connectivity index (χ2v) is 13.9. The Kier molecular flexibility index (Phi) is 8.60. The summed E-state index contributed by atoms with van der Waals surface area (Å²) in [5, 5.41) is 17.5. The second kappa shape index (κ2) is 12.8. The van der Waals surface area contributed by atoms with Gasteiger partial charge in [-0.05, 0) is 94.5 Å². The van der Waals surface area contributed by atoms with Crippen molar-refractivity contribution in [3.8, 4) is 16.9 Å². The third kappa shape index (κ3) is 5.49. The van der Waals surface area contributed by atoms with Gasteiger partial charge in [0.25, 0.3) is 5.91 Å². The van der Waals surface area contributed by atoms with Crippen LogP contribution in [0.3, 0.4) is 0 Å². The third-order valence-corrected chi connectivity index (χ3v) is 10.7. The summed E-state index contributed by atoms with van der Waals surface area (Å²) in [6.07, 6.45) is 1.18. The number of hydrogen-bond acceptors (Lipinski definition) is 5. The van der Waals surface area contributed by atoms with Crippen LogP contribution in [0.5, 0.6) is 5.75 Å². The number of rotatable bonds is 8. The Morgan fingerprint density at radius 3 is 2.40 bits per heavy atom. The zero-order chi connectivity index (χ0) is 35.6. The lowest BCUT2D eigenvalue weighted by molar-refractivity contribution is 0.0698. The van der Waals surface area contributed by atoms with Gasteiger partial charge in [0, 0.05) is 52.3 Å². The lowest BCUT2D eigenvalue weighted by Gasteiger charge is -2.34. The molecule has 0 aliphatic carbocycles. The molecule has 3 aromatic heterocycles. The normalized spacial score (nSPS) is 14.5. The first-order chi connectivity index (χ1) is 23.9. The summed E-state index contributed by atoms with van der Waals surface area (Å²) in [5.74, 6) is -0.281. The molecule has 0 fully saturated rings. The number of aromatic nitrogens is 4. The number of anilines is 1. The number of para-hydroxylation sites is 1. The van der Waals surface area contributed by atoms with Crippen molar-refractivity contribution in [1.82, 2.24) is 19.3 Å². The molecule has 0 bridgehead atoms. The maximum absolute atomic E-state index is 14.8. The zero-order valence-corrected chi connectivity index (χ0v) is 30.3. The number of carboxylic acids is 1. The highest BCUT2D eigenvalue weighted by molar-refractivity contribution is 6.35. The van der Waals surface area contributed by atoms with Crippen molar-refractivity contribution in [2.75, 3.05) is 18.1 Å². The minimum absolute atomic E-state index is 0.0961. The molecule has 0 unspecified atom stereocenters. The van der Waals surface area contributed by atoms with Crippen LogP contribution in [0.15, 0.2) is 54.6 Å². The van der Waals surface area contributed by atoms with Crippen molar-refractivity contribution in [2.45, 2.75) is 53.5 Å². The van der Waals surface area contributed by atoms with Gasteiger partial charge in [-0.3, -0.25) is 14.4 Å². The molecule has 50 heavy (non-hydrogen) atoms. The Hall–Kier alpha value is -4.86. The van der Waals surface area contributed by atoms with Crippen LogP contribution in [0, 0.1) is 27.7 Å². The molecular weight excluding hydrogens is 673 g/mol. The molecule has 1 aliphatic rings. The van der Waals surface area contributed by atoms with Gasteiger partial charge in [0.2, 0.25) is 0 Å². The number of carbonyl (C=O) groups excluding carboxylic acids is 1. The van der Waals surface area contributed by atoms with E-state index in [0.29, 0.717) is 46.9 Å². The molecule has 1 amide bonds. The average molecular weight is 711 g/mol. The van der Waals surface area contributed by atoms with E-state index < -0.39 is 5.97 Å². The lowest BCUT2D eigenvalue weighted by Crippen LogP contribution is -2.43. The van der Waals surface area contributed by atoms with Gasteiger partial charge in [0.15, 0.2) is 0 Å². The van der Waals surface area contributed by atoms with Crippen molar-refractivity contribution >= 4 is 62.7 Å². The average Bonchev–Trinajstić information content (AvgIpc) is 3.55. The SMILES string of the molecule is Cc1cc(OCCCc2c3n(c4c(-c5c(C)nn(C)c5C)c(Cl)ccc24)[C@H](C)CN(c2cc(C(=O)O)c4ccccc4n2)C3=O)cc(C)c1Cl. The van der Waals surface area contributed by atoms with Crippen LogP contribution in [0.2, 0.25) is 10.0 Å². The van der Waals surface area contributed by atoms with Gasteiger partial charge < -0.3 is 14.4 Å². The largest absolute Gasteiger partial charge is 0.494 e. The van der Waals surface area contributed by atoms with Gasteiger partial charge >= 0.3 is 5.97 Å². The Bertz CT molecular complexity index is 2350. The van der Waals surface area contributed by atoms with Gasteiger partial charge in [-0.25, -0.2) is 9.78 Å². The number of aromatic carboxylic acids is 1. The molecule has 256 valence electrons. The zero-order valence-electron chi connectivity index (χ0n) is 28.8. The number of fused-ring (bicyclic) bond motifs is 4.